The number of esters is 2. The van der Waals surface area contributed by atoms with Crippen molar-refractivity contribution in [2.45, 2.75) is 128 Å². The van der Waals surface area contributed by atoms with Gasteiger partial charge in [-0.3, -0.25) is 9.80 Å². The second-order valence-electron chi connectivity index (χ2n) is 19.2. The second kappa shape index (κ2) is 18.4. The molecule has 0 saturated carbocycles. The van der Waals surface area contributed by atoms with E-state index < -0.39 is 70.7 Å². The van der Waals surface area contributed by atoms with E-state index >= 15 is 0 Å². The molecule has 4 atom stereocenters. The molecule has 6 heterocycles. The number of aliphatic hydroxyl groups excluding tert-OH is 1. The van der Waals surface area contributed by atoms with Crippen molar-refractivity contribution in [1.29, 1.82) is 0 Å². The molecule has 0 radical (unpaired) electrons. The number of fused-ring (bicyclic) bond motifs is 6. The predicted molar refractivity (Wildman–Crippen MR) is 238 cm³/mol. The Labute approximate surface area is 386 Å². The van der Waals surface area contributed by atoms with Crippen molar-refractivity contribution >= 4 is 45.9 Å². The summed E-state index contributed by atoms with van der Waals surface area (Å²) in [7, 11) is 5.66. The molecule has 19 heteroatoms. The summed E-state index contributed by atoms with van der Waals surface area (Å²) in [5.74, 6) is 0.634. The Balaban J connectivity index is 0.000000199. The van der Waals surface area contributed by atoms with E-state index in [1.165, 1.54) is 31.1 Å². The molecule has 4 aliphatic heterocycles. The number of likely N-dealkylation sites (tertiary alicyclic amines) is 2. The molecule has 0 unspecified atom stereocenters. The smallest absolute Gasteiger partial charge is 0.411 e. The minimum Gasteiger partial charge on any atom is -0.497 e. The molecule has 17 nitrogen and oxygen atoms in total. The molecule has 0 aliphatic carbocycles. The van der Waals surface area contributed by atoms with Crippen molar-refractivity contribution in [1.82, 2.24) is 19.8 Å². The number of aliphatic hydroxyl groups is 1. The molecule has 67 heavy (non-hydrogen) atoms. The fourth-order valence-corrected chi connectivity index (χ4v) is 9.26. The summed E-state index contributed by atoms with van der Waals surface area (Å²) in [6, 6.07) is 8.85. The summed E-state index contributed by atoms with van der Waals surface area (Å²) in [4.78, 5) is 62.2. The molecular formula is C48H58F2N4O13. The van der Waals surface area contributed by atoms with Gasteiger partial charge in [0.2, 0.25) is 0 Å². The topological polar surface area (TPSA) is 195 Å². The van der Waals surface area contributed by atoms with Gasteiger partial charge < -0.3 is 43.0 Å². The molecule has 2 spiro atoms. The predicted octanol–water partition coefficient (Wildman–Crippen LogP) is 7.41. The van der Waals surface area contributed by atoms with Gasteiger partial charge in [-0.1, -0.05) is 0 Å². The summed E-state index contributed by atoms with van der Waals surface area (Å²) in [6.45, 7) is 10.4. The third kappa shape index (κ3) is 9.92. The van der Waals surface area contributed by atoms with Gasteiger partial charge in [0.25, 0.3) is 6.43 Å². The van der Waals surface area contributed by atoms with E-state index in [1.54, 1.807) is 66.9 Å². The fraction of sp³-hybridized carbons (Fsp3) is 0.542. The number of benzene rings is 2. The largest absolute Gasteiger partial charge is 0.497 e. The summed E-state index contributed by atoms with van der Waals surface area (Å²) in [5, 5.41) is 11.6. The van der Waals surface area contributed by atoms with Crippen molar-refractivity contribution in [2.75, 3.05) is 41.5 Å². The number of halogens is 2. The SMILES string of the molecule is COC(=O)[C@@H]1C[C@]2(CCc3c(c(C(F)F)nc4ccc(OC)cc34)O2)CN1C(=O)OC(C)(C)C.COC(=O)[C@@H]1C[C@]2(CCc3c(c(CO)nc4ccc(OC)cc34)O2)CN1C(=O)OC(C)(C)C. The lowest BCUT2D eigenvalue weighted by molar-refractivity contribution is -0.146. The van der Waals surface area contributed by atoms with Crippen LogP contribution in [0.3, 0.4) is 0 Å². The van der Waals surface area contributed by atoms with Crippen LogP contribution in [0.4, 0.5) is 18.4 Å². The molecule has 8 rings (SSSR count). The van der Waals surface area contributed by atoms with Gasteiger partial charge in [-0.25, -0.2) is 37.9 Å². The number of ether oxygens (including phenoxy) is 8. The van der Waals surface area contributed by atoms with Gasteiger partial charge in [-0.2, -0.15) is 0 Å². The Morgan fingerprint density at radius 2 is 1.15 bits per heavy atom. The number of rotatable bonds is 6. The monoisotopic (exact) mass is 936 g/mol. The maximum absolute atomic E-state index is 14.0. The Morgan fingerprint density at radius 3 is 1.55 bits per heavy atom. The lowest BCUT2D eigenvalue weighted by Crippen LogP contribution is -2.46. The van der Waals surface area contributed by atoms with Crippen molar-refractivity contribution in [2.24, 2.45) is 0 Å². The number of pyridine rings is 2. The van der Waals surface area contributed by atoms with E-state index in [1.807, 2.05) is 18.2 Å². The third-order valence-corrected chi connectivity index (χ3v) is 12.3. The van der Waals surface area contributed by atoms with E-state index in [4.69, 9.17) is 37.9 Å². The summed E-state index contributed by atoms with van der Waals surface area (Å²) in [5.41, 5.74) is -0.700. The molecule has 362 valence electrons. The fourth-order valence-electron chi connectivity index (χ4n) is 9.26. The summed E-state index contributed by atoms with van der Waals surface area (Å²) < 4.78 is 72.3. The molecule has 2 aromatic carbocycles. The van der Waals surface area contributed by atoms with Crippen LogP contribution in [-0.2, 0) is 48.0 Å². The van der Waals surface area contributed by atoms with Crippen LogP contribution in [0, 0.1) is 0 Å². The Bertz CT molecular complexity index is 2580. The van der Waals surface area contributed by atoms with Gasteiger partial charge in [0, 0.05) is 34.7 Å². The number of aromatic nitrogens is 2. The van der Waals surface area contributed by atoms with Crippen molar-refractivity contribution < 1.29 is 71.0 Å². The standard InChI is InChI=1S/C24H28F2N2O6.C24H30N2O7/c1-23(2,3)34-22(30)28-12-24(11-17(28)21(29)32-5)9-8-14-15-10-13(31-4)6-7-16(15)27-18(20(25)26)19(14)33-24;1-23(2,3)33-22(29)26-13-24(11-19(26)21(28)31-5)9-8-15-16-10-14(30-4)6-7-17(16)25-18(12-27)20(15)32-24/h6-7,10,17,20H,8-9,11-12H2,1-5H3;6-7,10,19,27H,8-9,11-13H2,1-5H3/t17-,24+;19-,24+/m00/s1. The highest BCUT2D eigenvalue weighted by Crippen LogP contribution is 2.48. The van der Waals surface area contributed by atoms with Crippen LogP contribution in [0.1, 0.15) is 96.2 Å². The number of alkyl halides is 2. The first-order valence-electron chi connectivity index (χ1n) is 22.0. The first-order chi connectivity index (χ1) is 31.6. The number of carbonyl (C=O) groups excluding carboxylic acids is 4. The number of nitrogens with zero attached hydrogens (tertiary/aromatic N) is 4. The van der Waals surface area contributed by atoms with E-state index in [-0.39, 0.29) is 38.3 Å². The molecule has 2 saturated heterocycles. The van der Waals surface area contributed by atoms with Crippen molar-refractivity contribution in [3.63, 3.8) is 0 Å². The number of methoxy groups -OCH3 is 4. The average molecular weight is 937 g/mol. The van der Waals surface area contributed by atoms with Crippen LogP contribution >= 0.6 is 0 Å². The van der Waals surface area contributed by atoms with Crippen LogP contribution < -0.4 is 18.9 Å². The molecule has 2 fully saturated rings. The maximum Gasteiger partial charge on any atom is 0.411 e. The van der Waals surface area contributed by atoms with Crippen molar-refractivity contribution in [3.8, 4) is 23.0 Å². The van der Waals surface area contributed by atoms with Gasteiger partial charge in [0.1, 0.15) is 63.1 Å². The van der Waals surface area contributed by atoms with Crippen LogP contribution in [0.2, 0.25) is 0 Å². The maximum atomic E-state index is 14.0. The zero-order chi connectivity index (χ0) is 48.8. The van der Waals surface area contributed by atoms with Crippen molar-refractivity contribution in [3.05, 3.63) is 58.9 Å². The quantitative estimate of drug-likeness (QED) is 0.148. The van der Waals surface area contributed by atoms with Gasteiger partial charge in [-0.15, -0.1) is 0 Å². The Morgan fingerprint density at radius 1 is 0.716 bits per heavy atom. The van der Waals surface area contributed by atoms with E-state index in [0.717, 1.165) is 16.5 Å². The molecule has 4 aromatic rings. The lowest BCUT2D eigenvalue weighted by atomic mass is 9.87. The Hall–Kier alpha value is -6.24. The molecule has 2 amide bonds. The zero-order valence-corrected chi connectivity index (χ0v) is 39.5. The third-order valence-electron chi connectivity index (χ3n) is 12.3. The Kier molecular flexibility index (Phi) is 13.4. The van der Waals surface area contributed by atoms with Crippen LogP contribution in [0.25, 0.3) is 21.8 Å². The molecule has 1 N–H and O–H groups in total. The number of carbonyl (C=O) groups is 4. The molecule has 0 bridgehead atoms. The highest BCUT2D eigenvalue weighted by molar-refractivity contribution is 5.88. The first-order valence-corrected chi connectivity index (χ1v) is 22.0. The van der Waals surface area contributed by atoms with Gasteiger partial charge >= 0.3 is 24.1 Å². The van der Waals surface area contributed by atoms with Gasteiger partial charge in [-0.05, 0) is 104 Å². The molecule has 4 aliphatic rings. The van der Waals surface area contributed by atoms with Gasteiger partial charge in [0.15, 0.2) is 5.75 Å². The number of aryl methyl sites for hydroxylation is 2. The number of hydrogen-bond acceptors (Lipinski definition) is 15. The highest BCUT2D eigenvalue weighted by Gasteiger charge is 2.55. The summed E-state index contributed by atoms with van der Waals surface area (Å²) >= 11 is 0. The lowest BCUT2D eigenvalue weighted by Gasteiger charge is -2.36. The number of amides is 2. The summed E-state index contributed by atoms with van der Waals surface area (Å²) in [6.07, 6.45) is -1.77. The minimum atomic E-state index is -2.87. The van der Waals surface area contributed by atoms with Crippen LogP contribution in [-0.4, -0.2) is 125 Å². The molecule has 2 aromatic heterocycles. The van der Waals surface area contributed by atoms with E-state index in [9.17, 15) is 33.1 Å². The van der Waals surface area contributed by atoms with Crippen LogP contribution in [0.15, 0.2) is 36.4 Å². The van der Waals surface area contributed by atoms with Gasteiger partial charge in [0.05, 0.1) is 59.2 Å². The minimum absolute atomic E-state index is 0.0000535. The first kappa shape index (κ1) is 48.7. The van der Waals surface area contributed by atoms with E-state index in [2.05, 4.69) is 9.97 Å². The zero-order valence-electron chi connectivity index (χ0n) is 39.5. The number of hydrogen-bond donors (Lipinski definition) is 1. The molecular weight excluding hydrogens is 879 g/mol. The van der Waals surface area contributed by atoms with Crippen LogP contribution in [0.5, 0.6) is 23.0 Å². The van der Waals surface area contributed by atoms with E-state index in [0.29, 0.717) is 65.1 Å². The second-order valence-corrected chi connectivity index (χ2v) is 19.2. The highest BCUT2D eigenvalue weighted by atomic mass is 19.3. The average Bonchev–Trinajstić information content (AvgIpc) is 3.85. The normalized spacial score (nSPS) is 22.1.